The lowest BCUT2D eigenvalue weighted by molar-refractivity contribution is -0.126. The molecule has 1 aliphatic carbocycles. The number of fused-ring (bicyclic) bond motifs is 3. The van der Waals surface area contributed by atoms with Gasteiger partial charge in [0.15, 0.2) is 17.1 Å². The third kappa shape index (κ3) is 2.49. The Labute approximate surface area is 219 Å². The molecule has 9 nitrogen and oxygen atoms in total. The molecule has 0 aromatic heterocycles. The molecule has 7 rings (SSSR count). The number of carbonyl (C=O) groups excluding carboxylic acids is 6. The number of benzene rings is 3. The average Bonchev–Trinajstić information content (AvgIpc) is 3.55. The van der Waals surface area contributed by atoms with Gasteiger partial charge in [-0.2, -0.15) is 10.0 Å². The van der Waals surface area contributed by atoms with Crippen molar-refractivity contribution in [2.24, 2.45) is 0 Å². The quantitative estimate of drug-likeness (QED) is 0.405. The first kappa shape index (κ1) is 22.5. The zero-order valence-electron chi connectivity index (χ0n) is 19.2. The summed E-state index contributed by atoms with van der Waals surface area (Å²) < 4.78 is 0. The summed E-state index contributed by atoms with van der Waals surface area (Å²) in [5.41, 5.74) is -2.48. The molecule has 3 heterocycles. The highest BCUT2D eigenvalue weighted by Crippen LogP contribution is 2.55. The fourth-order valence-corrected chi connectivity index (χ4v) is 6.04. The van der Waals surface area contributed by atoms with Crippen LogP contribution in [0.25, 0.3) is 0 Å². The molecule has 1 atom stereocenters. The van der Waals surface area contributed by atoms with Gasteiger partial charge in [-0.25, -0.2) is 0 Å². The first-order chi connectivity index (χ1) is 18.3. The monoisotopic (exact) mass is 523 g/mol. The molecular formula is C28H14ClN3O6. The van der Waals surface area contributed by atoms with E-state index in [0.29, 0.717) is 10.6 Å². The molecule has 0 bridgehead atoms. The number of Topliss-reactive ketones (excluding diaryl/α,β-unsaturated/α-hetero) is 2. The Morgan fingerprint density at radius 1 is 0.658 bits per heavy atom. The van der Waals surface area contributed by atoms with Crippen molar-refractivity contribution >= 4 is 46.8 Å². The van der Waals surface area contributed by atoms with E-state index in [4.69, 9.17) is 11.6 Å². The highest BCUT2D eigenvalue weighted by Gasteiger charge is 2.72. The lowest BCUT2D eigenvalue weighted by Crippen LogP contribution is -2.65. The topological polar surface area (TPSA) is 121 Å². The van der Waals surface area contributed by atoms with E-state index in [1.165, 1.54) is 36.4 Å². The summed E-state index contributed by atoms with van der Waals surface area (Å²) in [7, 11) is 0. The lowest BCUT2D eigenvalue weighted by Gasteiger charge is -2.42. The van der Waals surface area contributed by atoms with E-state index in [1.807, 2.05) is 0 Å². The van der Waals surface area contributed by atoms with Crippen molar-refractivity contribution in [1.82, 2.24) is 15.3 Å². The van der Waals surface area contributed by atoms with Gasteiger partial charge in [0.25, 0.3) is 23.6 Å². The second kappa shape index (κ2) is 7.41. The predicted molar refractivity (Wildman–Crippen MR) is 131 cm³/mol. The Morgan fingerprint density at radius 3 is 1.68 bits per heavy atom. The van der Waals surface area contributed by atoms with E-state index >= 15 is 0 Å². The Kier molecular flexibility index (Phi) is 4.38. The summed E-state index contributed by atoms with van der Waals surface area (Å²) in [5, 5.41) is 4.33. The molecular weight excluding hydrogens is 510 g/mol. The molecule has 0 fully saturated rings. The van der Waals surface area contributed by atoms with Crippen LogP contribution in [0.2, 0.25) is 5.02 Å². The van der Waals surface area contributed by atoms with Gasteiger partial charge in [-0.05, 0) is 29.8 Å². The Morgan fingerprint density at radius 2 is 1.16 bits per heavy atom. The SMILES string of the molecule is O=C1NC(=O)C2=C1C(c1ccc(Cl)cc1)N(N1C(=O)c3ccccc3C1=O)C21C(=O)c2ccccc2C1=O. The van der Waals surface area contributed by atoms with Crippen LogP contribution in [0, 0.1) is 0 Å². The van der Waals surface area contributed by atoms with Gasteiger partial charge in [-0.15, -0.1) is 0 Å². The number of carbonyl (C=O) groups is 6. The maximum atomic E-state index is 14.3. The van der Waals surface area contributed by atoms with Crippen molar-refractivity contribution in [2.75, 3.05) is 0 Å². The molecule has 1 N–H and O–H groups in total. The highest BCUT2D eigenvalue weighted by atomic mass is 35.5. The minimum Gasteiger partial charge on any atom is -0.291 e. The number of hydrogen-bond donors (Lipinski definition) is 1. The van der Waals surface area contributed by atoms with Gasteiger partial charge in [-0.3, -0.25) is 34.1 Å². The Balaban J connectivity index is 1.56. The number of ketones is 2. The number of amides is 4. The smallest absolute Gasteiger partial charge is 0.276 e. The van der Waals surface area contributed by atoms with Gasteiger partial charge < -0.3 is 0 Å². The zero-order valence-corrected chi connectivity index (χ0v) is 20.0. The van der Waals surface area contributed by atoms with Crippen LogP contribution in [-0.2, 0) is 9.59 Å². The predicted octanol–water partition coefficient (Wildman–Crippen LogP) is 2.68. The van der Waals surface area contributed by atoms with Crippen LogP contribution in [-0.4, -0.2) is 50.8 Å². The van der Waals surface area contributed by atoms with Crippen molar-refractivity contribution in [3.8, 4) is 0 Å². The molecule has 1 unspecified atom stereocenters. The average molecular weight is 524 g/mol. The number of hydrazine groups is 1. The van der Waals surface area contributed by atoms with Crippen LogP contribution in [0.15, 0.2) is 83.9 Å². The van der Waals surface area contributed by atoms with Gasteiger partial charge in [-0.1, -0.05) is 60.1 Å². The summed E-state index contributed by atoms with van der Waals surface area (Å²) in [4.78, 5) is 82.5. The van der Waals surface area contributed by atoms with Gasteiger partial charge in [0.1, 0.15) is 0 Å². The standard InChI is InChI=1S/C28H14ClN3O6/c29-14-11-9-13(10-12-14)21-19-20(25(36)30-24(19)35)28(22(33)15-5-1-2-6-16(15)23(28)34)32(21)31-26(37)17-7-3-4-8-18(17)27(31)38/h1-12,21H,(H,30,35,36). The van der Waals surface area contributed by atoms with Crippen LogP contribution in [0.5, 0.6) is 0 Å². The summed E-state index contributed by atoms with van der Waals surface area (Å²) in [6.07, 6.45) is 0. The normalized spacial score (nSPS) is 21.5. The third-order valence-electron chi connectivity index (χ3n) is 7.44. The zero-order chi connectivity index (χ0) is 26.5. The number of hydrogen-bond acceptors (Lipinski definition) is 7. The van der Waals surface area contributed by atoms with Crippen molar-refractivity contribution in [2.45, 2.75) is 11.6 Å². The van der Waals surface area contributed by atoms with Gasteiger partial charge in [0.2, 0.25) is 0 Å². The van der Waals surface area contributed by atoms with Crippen molar-refractivity contribution in [3.05, 3.63) is 117 Å². The summed E-state index contributed by atoms with van der Waals surface area (Å²) >= 11 is 6.09. The molecule has 4 aliphatic rings. The molecule has 3 aliphatic heterocycles. The third-order valence-corrected chi connectivity index (χ3v) is 7.69. The molecule has 0 radical (unpaired) electrons. The van der Waals surface area contributed by atoms with E-state index in [-0.39, 0.29) is 33.4 Å². The van der Waals surface area contributed by atoms with Gasteiger partial charge in [0, 0.05) is 16.1 Å². The maximum absolute atomic E-state index is 14.3. The number of rotatable bonds is 2. The molecule has 1 spiro atoms. The molecule has 3 aromatic carbocycles. The van der Waals surface area contributed by atoms with E-state index in [9.17, 15) is 28.8 Å². The summed E-state index contributed by atoms with van der Waals surface area (Å²) in [6, 6.07) is 17.0. The van der Waals surface area contributed by atoms with E-state index in [1.54, 1.807) is 36.4 Å². The molecule has 38 heavy (non-hydrogen) atoms. The number of imide groups is 2. The Hall–Kier alpha value is -4.73. The number of halogens is 1. The summed E-state index contributed by atoms with van der Waals surface area (Å²) in [5.74, 6) is -4.92. The van der Waals surface area contributed by atoms with Crippen LogP contribution in [0.1, 0.15) is 53.0 Å². The van der Waals surface area contributed by atoms with Crippen molar-refractivity contribution in [3.63, 3.8) is 0 Å². The molecule has 184 valence electrons. The first-order valence-electron chi connectivity index (χ1n) is 11.6. The van der Waals surface area contributed by atoms with E-state index in [0.717, 1.165) is 10.0 Å². The minimum atomic E-state index is -2.45. The van der Waals surface area contributed by atoms with Gasteiger partial charge in [0.05, 0.1) is 28.3 Å². The van der Waals surface area contributed by atoms with Crippen molar-refractivity contribution in [1.29, 1.82) is 0 Å². The first-order valence-corrected chi connectivity index (χ1v) is 12.0. The van der Waals surface area contributed by atoms with Gasteiger partial charge >= 0.3 is 0 Å². The fourth-order valence-electron chi connectivity index (χ4n) is 5.92. The molecule has 4 amide bonds. The highest BCUT2D eigenvalue weighted by molar-refractivity contribution is 6.41. The lowest BCUT2D eigenvalue weighted by atomic mass is 9.85. The summed E-state index contributed by atoms with van der Waals surface area (Å²) in [6.45, 7) is 0. The fraction of sp³-hybridized carbons (Fsp3) is 0.0714. The molecule has 10 heteroatoms. The van der Waals surface area contributed by atoms with E-state index in [2.05, 4.69) is 5.32 Å². The maximum Gasteiger partial charge on any atom is 0.276 e. The second-order valence-electron chi connectivity index (χ2n) is 9.25. The second-order valence-corrected chi connectivity index (χ2v) is 9.69. The van der Waals surface area contributed by atoms with Crippen LogP contribution >= 0.6 is 11.6 Å². The number of nitrogens with one attached hydrogen (secondary N) is 1. The van der Waals surface area contributed by atoms with Crippen LogP contribution < -0.4 is 5.32 Å². The minimum absolute atomic E-state index is 0.0230. The molecule has 0 saturated heterocycles. The largest absolute Gasteiger partial charge is 0.291 e. The van der Waals surface area contributed by atoms with Crippen molar-refractivity contribution < 1.29 is 28.8 Å². The molecule has 0 saturated carbocycles. The van der Waals surface area contributed by atoms with E-state index < -0.39 is 46.8 Å². The Bertz CT molecular complexity index is 1670. The number of nitrogens with zero attached hydrogens (tertiary/aromatic N) is 2. The van der Waals surface area contributed by atoms with Crippen LogP contribution in [0.3, 0.4) is 0 Å². The van der Waals surface area contributed by atoms with Crippen LogP contribution in [0.4, 0.5) is 0 Å². The molecule has 3 aromatic rings.